The fourth-order valence-corrected chi connectivity index (χ4v) is 3.23. The molecule has 0 saturated heterocycles. The number of carbonyl (C=O) groups excluding carboxylic acids is 1. The fraction of sp³-hybridized carbons (Fsp3) is 0.0870. The summed E-state index contributed by atoms with van der Waals surface area (Å²) >= 11 is 0. The van der Waals surface area contributed by atoms with E-state index in [-0.39, 0.29) is 5.91 Å². The number of amides is 1. The molecule has 0 N–H and O–H groups in total. The van der Waals surface area contributed by atoms with Crippen LogP contribution in [0.25, 0.3) is 11.8 Å². The lowest BCUT2D eigenvalue weighted by Crippen LogP contribution is -2.22. The third-order valence-electron chi connectivity index (χ3n) is 4.63. The van der Waals surface area contributed by atoms with Gasteiger partial charge in [-0.1, -0.05) is 30.3 Å². The Hall–Kier alpha value is -3.53. The number of ether oxygens (including phenoxy) is 2. The second-order valence-corrected chi connectivity index (χ2v) is 6.19. The number of hydrogen-bond donors (Lipinski definition) is 0. The summed E-state index contributed by atoms with van der Waals surface area (Å²) in [5, 5.41) is 0. The Morgan fingerprint density at radius 1 is 0.741 bits per heavy atom. The Labute approximate surface area is 158 Å². The maximum atomic E-state index is 13.1. The van der Waals surface area contributed by atoms with Crippen molar-refractivity contribution >= 4 is 23.4 Å². The third-order valence-corrected chi connectivity index (χ3v) is 4.63. The zero-order chi connectivity index (χ0) is 18.8. The molecule has 3 aromatic rings. The molecule has 0 unspecified atom stereocenters. The predicted octanol–water partition coefficient (Wildman–Crippen LogP) is 4.86. The van der Waals surface area contributed by atoms with Gasteiger partial charge in [-0.3, -0.25) is 9.69 Å². The van der Waals surface area contributed by atoms with Gasteiger partial charge in [0.2, 0.25) is 0 Å². The molecule has 134 valence electrons. The van der Waals surface area contributed by atoms with E-state index in [4.69, 9.17) is 9.47 Å². The molecule has 0 fully saturated rings. The lowest BCUT2D eigenvalue weighted by atomic mass is 10.1. The lowest BCUT2D eigenvalue weighted by molar-refractivity contribution is 0.101. The zero-order valence-corrected chi connectivity index (χ0v) is 15.2. The van der Waals surface area contributed by atoms with E-state index in [0.717, 1.165) is 34.0 Å². The summed E-state index contributed by atoms with van der Waals surface area (Å²) in [7, 11) is 3.27. The highest BCUT2D eigenvalue weighted by atomic mass is 16.5. The molecule has 0 atom stereocenters. The molecule has 27 heavy (non-hydrogen) atoms. The number of benzene rings is 3. The zero-order valence-electron chi connectivity index (χ0n) is 15.2. The van der Waals surface area contributed by atoms with Gasteiger partial charge in [0, 0.05) is 16.8 Å². The highest BCUT2D eigenvalue weighted by molar-refractivity contribution is 6.24. The molecule has 0 spiro atoms. The average molecular weight is 357 g/mol. The summed E-state index contributed by atoms with van der Waals surface area (Å²) in [6.07, 6.45) is 2.02. The van der Waals surface area contributed by atoms with E-state index < -0.39 is 0 Å². The van der Waals surface area contributed by atoms with Crippen LogP contribution in [0.2, 0.25) is 0 Å². The van der Waals surface area contributed by atoms with Gasteiger partial charge in [-0.05, 0) is 54.1 Å². The van der Waals surface area contributed by atoms with Crippen LogP contribution in [0.3, 0.4) is 0 Å². The Kier molecular flexibility index (Phi) is 4.38. The molecule has 1 amide bonds. The van der Waals surface area contributed by atoms with Crippen molar-refractivity contribution < 1.29 is 14.3 Å². The van der Waals surface area contributed by atoms with Crippen molar-refractivity contribution in [2.75, 3.05) is 19.1 Å². The molecular weight excluding hydrogens is 338 g/mol. The first kappa shape index (κ1) is 16.9. The summed E-state index contributed by atoms with van der Waals surface area (Å²) < 4.78 is 10.5. The first-order chi connectivity index (χ1) is 13.2. The predicted molar refractivity (Wildman–Crippen MR) is 107 cm³/mol. The molecule has 4 rings (SSSR count). The van der Waals surface area contributed by atoms with E-state index in [1.807, 2.05) is 78.9 Å². The molecular formula is C23H19NO3. The normalized spacial score (nSPS) is 14.4. The Balaban J connectivity index is 1.82. The Bertz CT molecular complexity index is 1000. The summed E-state index contributed by atoms with van der Waals surface area (Å²) in [6.45, 7) is 0. The molecule has 0 saturated carbocycles. The van der Waals surface area contributed by atoms with Gasteiger partial charge in [-0.15, -0.1) is 0 Å². The standard InChI is InChI=1S/C23H19NO3/c1-26-18-11-7-16(8-12-18)15-22-20-5-3-4-6-21(20)23(25)24(22)17-9-13-19(27-2)14-10-17/h3-15H,1-2H3/b22-15-. The lowest BCUT2D eigenvalue weighted by Gasteiger charge is -2.19. The number of carbonyl (C=O) groups is 1. The van der Waals surface area contributed by atoms with Crippen LogP contribution >= 0.6 is 0 Å². The van der Waals surface area contributed by atoms with Crippen molar-refractivity contribution in [1.29, 1.82) is 0 Å². The van der Waals surface area contributed by atoms with E-state index in [1.54, 1.807) is 19.1 Å². The maximum Gasteiger partial charge on any atom is 0.263 e. The topological polar surface area (TPSA) is 38.8 Å². The third kappa shape index (κ3) is 3.06. The highest BCUT2D eigenvalue weighted by Crippen LogP contribution is 2.38. The van der Waals surface area contributed by atoms with Gasteiger partial charge in [0.15, 0.2) is 0 Å². The highest BCUT2D eigenvalue weighted by Gasteiger charge is 2.33. The largest absolute Gasteiger partial charge is 0.497 e. The summed E-state index contributed by atoms with van der Waals surface area (Å²) in [5.74, 6) is 1.52. The van der Waals surface area contributed by atoms with Gasteiger partial charge in [0.05, 0.1) is 19.9 Å². The van der Waals surface area contributed by atoms with E-state index in [0.29, 0.717) is 5.56 Å². The van der Waals surface area contributed by atoms with Gasteiger partial charge in [-0.2, -0.15) is 0 Å². The van der Waals surface area contributed by atoms with E-state index in [9.17, 15) is 4.79 Å². The quantitative estimate of drug-likeness (QED) is 0.669. The second kappa shape index (κ2) is 7.00. The summed E-state index contributed by atoms with van der Waals surface area (Å²) in [4.78, 5) is 14.8. The minimum Gasteiger partial charge on any atom is -0.497 e. The van der Waals surface area contributed by atoms with Crippen molar-refractivity contribution in [3.05, 3.63) is 89.5 Å². The smallest absolute Gasteiger partial charge is 0.263 e. The van der Waals surface area contributed by atoms with Crippen LogP contribution in [-0.2, 0) is 0 Å². The van der Waals surface area contributed by atoms with E-state index in [1.165, 1.54) is 0 Å². The summed E-state index contributed by atoms with van der Waals surface area (Å²) in [5.41, 5.74) is 4.28. The molecule has 4 heteroatoms. The Morgan fingerprint density at radius 2 is 1.30 bits per heavy atom. The minimum absolute atomic E-state index is 0.0319. The molecule has 1 heterocycles. The van der Waals surface area contributed by atoms with Crippen molar-refractivity contribution in [3.8, 4) is 11.5 Å². The van der Waals surface area contributed by atoms with Crippen LogP contribution in [0, 0.1) is 0 Å². The van der Waals surface area contributed by atoms with Gasteiger partial charge < -0.3 is 9.47 Å². The monoisotopic (exact) mass is 357 g/mol. The number of hydrogen-bond acceptors (Lipinski definition) is 3. The maximum absolute atomic E-state index is 13.1. The average Bonchev–Trinajstić information content (AvgIpc) is 3.01. The number of anilines is 1. The van der Waals surface area contributed by atoms with Crippen LogP contribution in [-0.4, -0.2) is 20.1 Å². The van der Waals surface area contributed by atoms with Crippen LogP contribution in [0.15, 0.2) is 72.8 Å². The van der Waals surface area contributed by atoms with Crippen molar-refractivity contribution in [2.24, 2.45) is 0 Å². The van der Waals surface area contributed by atoms with Crippen LogP contribution in [0.1, 0.15) is 21.5 Å². The second-order valence-electron chi connectivity index (χ2n) is 6.19. The van der Waals surface area contributed by atoms with Crippen LogP contribution in [0.4, 0.5) is 5.69 Å². The van der Waals surface area contributed by atoms with E-state index in [2.05, 4.69) is 0 Å². The number of nitrogens with zero attached hydrogens (tertiary/aromatic N) is 1. The van der Waals surface area contributed by atoms with Gasteiger partial charge in [0.1, 0.15) is 11.5 Å². The molecule has 0 bridgehead atoms. The minimum atomic E-state index is -0.0319. The summed E-state index contributed by atoms with van der Waals surface area (Å²) in [6, 6.07) is 23.0. The number of methoxy groups -OCH3 is 2. The van der Waals surface area contributed by atoms with Crippen LogP contribution in [0.5, 0.6) is 11.5 Å². The molecule has 4 nitrogen and oxygen atoms in total. The number of fused-ring (bicyclic) bond motifs is 1. The van der Waals surface area contributed by atoms with Gasteiger partial charge in [-0.25, -0.2) is 0 Å². The SMILES string of the molecule is COc1ccc(/C=C2/c3ccccc3C(=O)N2c2ccc(OC)cc2)cc1. The molecule has 0 radical (unpaired) electrons. The van der Waals surface area contributed by atoms with Crippen molar-refractivity contribution in [1.82, 2.24) is 0 Å². The van der Waals surface area contributed by atoms with E-state index >= 15 is 0 Å². The molecule has 3 aromatic carbocycles. The van der Waals surface area contributed by atoms with Gasteiger partial charge in [0.25, 0.3) is 5.91 Å². The van der Waals surface area contributed by atoms with Crippen molar-refractivity contribution in [3.63, 3.8) is 0 Å². The molecule has 1 aliphatic heterocycles. The molecule has 0 aromatic heterocycles. The van der Waals surface area contributed by atoms with Crippen molar-refractivity contribution in [2.45, 2.75) is 0 Å². The number of rotatable bonds is 4. The first-order valence-electron chi connectivity index (χ1n) is 8.65. The van der Waals surface area contributed by atoms with Gasteiger partial charge >= 0.3 is 0 Å². The molecule has 1 aliphatic rings. The Morgan fingerprint density at radius 3 is 1.89 bits per heavy atom. The van der Waals surface area contributed by atoms with Crippen LogP contribution < -0.4 is 14.4 Å². The molecule has 0 aliphatic carbocycles. The fourth-order valence-electron chi connectivity index (χ4n) is 3.23. The first-order valence-corrected chi connectivity index (χ1v) is 8.65.